The minimum absolute atomic E-state index is 0.146. The maximum absolute atomic E-state index is 12.8. The zero-order valence-corrected chi connectivity index (χ0v) is 19.6. The molecule has 0 N–H and O–H groups in total. The topological polar surface area (TPSA) is 81.6 Å². The summed E-state index contributed by atoms with van der Waals surface area (Å²) in [6.45, 7) is 4.04. The number of carbonyl (C=O) groups excluding carboxylic acids is 2. The van der Waals surface area contributed by atoms with Gasteiger partial charge >= 0.3 is 5.97 Å². The fourth-order valence-electron chi connectivity index (χ4n) is 3.63. The van der Waals surface area contributed by atoms with E-state index in [0.717, 1.165) is 47.6 Å². The summed E-state index contributed by atoms with van der Waals surface area (Å²) in [5, 5.41) is 2.77. The second-order valence-corrected chi connectivity index (χ2v) is 8.76. The van der Waals surface area contributed by atoms with Gasteiger partial charge in [0.15, 0.2) is 6.10 Å². The number of nitrogens with zero attached hydrogens (tertiary/aromatic N) is 3. The number of anilines is 1. The lowest BCUT2D eigenvalue weighted by molar-refractivity contribution is -0.143. The average molecular weight is 466 g/mol. The summed E-state index contributed by atoms with van der Waals surface area (Å²) >= 11 is 1.50. The molecular formula is C25H27N3O4S. The number of carbonyl (C=O) groups is 2. The maximum Gasteiger partial charge on any atom is 0.326 e. The van der Waals surface area contributed by atoms with E-state index in [9.17, 15) is 9.59 Å². The molecule has 172 valence electrons. The van der Waals surface area contributed by atoms with Crippen molar-refractivity contribution < 1.29 is 19.1 Å². The molecule has 3 aromatic rings. The molecule has 7 nitrogen and oxygen atoms in total. The van der Waals surface area contributed by atoms with Crippen LogP contribution >= 0.6 is 11.3 Å². The Morgan fingerprint density at radius 2 is 2.06 bits per heavy atom. The molecule has 0 aliphatic carbocycles. The van der Waals surface area contributed by atoms with Gasteiger partial charge in [0.2, 0.25) is 0 Å². The molecule has 0 spiro atoms. The average Bonchev–Trinajstić information content (AvgIpc) is 3.33. The predicted molar refractivity (Wildman–Crippen MR) is 128 cm³/mol. The van der Waals surface area contributed by atoms with Gasteiger partial charge < -0.3 is 9.47 Å². The number of rotatable bonds is 9. The predicted octanol–water partition coefficient (Wildman–Crippen LogP) is 5.11. The van der Waals surface area contributed by atoms with Gasteiger partial charge in [-0.15, -0.1) is 11.3 Å². The Kier molecular flexibility index (Phi) is 7.34. The molecule has 2 aromatic heterocycles. The first-order valence-corrected chi connectivity index (χ1v) is 12.1. The molecule has 3 heterocycles. The highest BCUT2D eigenvalue weighted by molar-refractivity contribution is 7.13. The van der Waals surface area contributed by atoms with E-state index in [1.807, 2.05) is 41.8 Å². The zero-order chi connectivity index (χ0) is 23.2. The van der Waals surface area contributed by atoms with Gasteiger partial charge in [-0.05, 0) is 43.7 Å². The second-order valence-electron chi connectivity index (χ2n) is 7.90. The van der Waals surface area contributed by atoms with Gasteiger partial charge in [0.1, 0.15) is 17.3 Å². The van der Waals surface area contributed by atoms with Crippen LogP contribution in [0, 0.1) is 0 Å². The Morgan fingerprint density at radius 3 is 2.85 bits per heavy atom. The quantitative estimate of drug-likeness (QED) is 0.323. The number of hydrogen-bond donors (Lipinski definition) is 0. The summed E-state index contributed by atoms with van der Waals surface area (Å²) in [7, 11) is 0. The van der Waals surface area contributed by atoms with E-state index < -0.39 is 12.1 Å². The summed E-state index contributed by atoms with van der Waals surface area (Å²) in [5.41, 5.74) is 2.96. The summed E-state index contributed by atoms with van der Waals surface area (Å²) < 4.78 is 11.1. The molecule has 33 heavy (non-hydrogen) atoms. The van der Waals surface area contributed by atoms with Crippen LogP contribution in [0.25, 0.3) is 22.0 Å². The van der Waals surface area contributed by atoms with Crippen molar-refractivity contribution in [3.8, 4) is 27.7 Å². The number of amides is 1. The molecule has 1 aromatic carbocycles. The van der Waals surface area contributed by atoms with Crippen LogP contribution in [0.1, 0.15) is 39.5 Å². The minimum Gasteiger partial charge on any atom is -0.479 e. The number of esters is 1. The summed E-state index contributed by atoms with van der Waals surface area (Å²) in [6, 6.07) is 11.3. The Bertz CT molecular complexity index is 1120. The van der Waals surface area contributed by atoms with Crippen molar-refractivity contribution >= 4 is 28.9 Å². The first kappa shape index (κ1) is 22.9. The van der Waals surface area contributed by atoms with E-state index in [-0.39, 0.29) is 12.5 Å². The van der Waals surface area contributed by atoms with Crippen LogP contribution in [0.3, 0.4) is 0 Å². The highest BCUT2D eigenvalue weighted by atomic mass is 32.1. The largest absolute Gasteiger partial charge is 0.479 e. The Balaban J connectivity index is 1.53. The highest BCUT2D eigenvalue weighted by Crippen LogP contribution is 2.38. The number of fused-ring (bicyclic) bond motifs is 1. The van der Waals surface area contributed by atoms with Crippen LogP contribution in [-0.4, -0.2) is 41.1 Å². The molecule has 4 rings (SSSR count). The third kappa shape index (κ3) is 5.39. The summed E-state index contributed by atoms with van der Waals surface area (Å²) in [4.78, 5) is 35.8. The molecule has 0 saturated heterocycles. The molecule has 0 fully saturated rings. The van der Waals surface area contributed by atoms with Gasteiger partial charge in [-0.2, -0.15) is 0 Å². The standard InChI is InChI=1S/C25H27N3O4S/c1-3-4-5-8-13-31-23(29)15-28-21-14-18(10-11-22(21)32-17(2)25(28)30)20-16-33-24(27-20)19-9-6-7-12-26-19/h6-7,9-12,14,16-17H,3-5,8,13,15H2,1-2H3. The normalized spacial score (nSPS) is 15.2. The van der Waals surface area contributed by atoms with Gasteiger partial charge in [-0.25, -0.2) is 4.98 Å². The van der Waals surface area contributed by atoms with Gasteiger partial charge in [0, 0.05) is 17.1 Å². The van der Waals surface area contributed by atoms with Crippen molar-refractivity contribution in [3.63, 3.8) is 0 Å². The van der Waals surface area contributed by atoms with E-state index in [1.54, 1.807) is 13.1 Å². The van der Waals surface area contributed by atoms with Crippen molar-refractivity contribution in [1.82, 2.24) is 9.97 Å². The maximum atomic E-state index is 12.8. The number of aromatic nitrogens is 2. The second kappa shape index (κ2) is 10.6. The van der Waals surface area contributed by atoms with E-state index in [2.05, 4.69) is 11.9 Å². The zero-order valence-electron chi connectivity index (χ0n) is 18.8. The van der Waals surface area contributed by atoms with Crippen LogP contribution in [-0.2, 0) is 14.3 Å². The SMILES string of the molecule is CCCCCCOC(=O)CN1C(=O)C(C)Oc2ccc(-c3csc(-c4ccccn4)n3)cc21. The Morgan fingerprint density at radius 1 is 1.18 bits per heavy atom. The number of ether oxygens (including phenoxy) is 2. The van der Waals surface area contributed by atoms with Gasteiger partial charge in [0.05, 0.1) is 23.7 Å². The van der Waals surface area contributed by atoms with Crippen molar-refractivity contribution in [1.29, 1.82) is 0 Å². The van der Waals surface area contributed by atoms with Gasteiger partial charge in [-0.3, -0.25) is 19.5 Å². The van der Waals surface area contributed by atoms with E-state index in [0.29, 0.717) is 18.0 Å². The van der Waals surface area contributed by atoms with E-state index in [4.69, 9.17) is 14.5 Å². The first-order valence-electron chi connectivity index (χ1n) is 11.2. The third-order valence-electron chi connectivity index (χ3n) is 5.40. The number of benzene rings is 1. The number of thiazole rings is 1. The smallest absolute Gasteiger partial charge is 0.326 e. The van der Waals surface area contributed by atoms with Gasteiger partial charge in [0.25, 0.3) is 5.91 Å². The number of unbranched alkanes of at least 4 members (excludes halogenated alkanes) is 3. The fraction of sp³-hybridized carbons (Fsp3) is 0.360. The minimum atomic E-state index is -0.671. The Labute approximate surface area is 197 Å². The number of hydrogen-bond acceptors (Lipinski definition) is 7. The lowest BCUT2D eigenvalue weighted by Gasteiger charge is -2.32. The molecule has 0 radical (unpaired) electrons. The third-order valence-corrected chi connectivity index (χ3v) is 6.26. The van der Waals surface area contributed by atoms with Crippen molar-refractivity contribution in [2.75, 3.05) is 18.1 Å². The van der Waals surface area contributed by atoms with Crippen LogP contribution in [0.15, 0.2) is 48.0 Å². The molecule has 1 unspecified atom stereocenters. The molecule has 1 atom stereocenters. The first-order chi connectivity index (χ1) is 16.1. The monoisotopic (exact) mass is 465 g/mol. The fourth-order valence-corrected chi connectivity index (χ4v) is 4.44. The van der Waals surface area contributed by atoms with Crippen molar-refractivity contribution in [3.05, 3.63) is 48.0 Å². The number of pyridine rings is 1. The lowest BCUT2D eigenvalue weighted by atomic mass is 10.1. The highest BCUT2D eigenvalue weighted by Gasteiger charge is 2.33. The van der Waals surface area contributed by atoms with Crippen LogP contribution in [0.5, 0.6) is 5.75 Å². The van der Waals surface area contributed by atoms with Gasteiger partial charge in [-0.1, -0.05) is 32.3 Å². The molecule has 0 saturated carbocycles. The van der Waals surface area contributed by atoms with Crippen LogP contribution in [0.2, 0.25) is 0 Å². The molecular weight excluding hydrogens is 438 g/mol. The van der Waals surface area contributed by atoms with Crippen molar-refractivity contribution in [2.45, 2.75) is 45.6 Å². The molecule has 1 amide bonds. The van der Waals surface area contributed by atoms with E-state index in [1.165, 1.54) is 16.2 Å². The van der Waals surface area contributed by atoms with Crippen LogP contribution < -0.4 is 9.64 Å². The Hall–Kier alpha value is -3.26. The van der Waals surface area contributed by atoms with Crippen LogP contribution in [0.4, 0.5) is 5.69 Å². The molecule has 1 aliphatic rings. The molecule has 1 aliphatic heterocycles. The molecule has 0 bridgehead atoms. The van der Waals surface area contributed by atoms with E-state index >= 15 is 0 Å². The lowest BCUT2D eigenvalue weighted by Crippen LogP contribution is -2.47. The molecule has 8 heteroatoms. The summed E-state index contributed by atoms with van der Waals surface area (Å²) in [5.74, 6) is -0.131. The van der Waals surface area contributed by atoms with Crippen molar-refractivity contribution in [2.24, 2.45) is 0 Å². The summed E-state index contributed by atoms with van der Waals surface area (Å²) in [6.07, 6.45) is 5.16.